The van der Waals surface area contributed by atoms with E-state index >= 15 is 0 Å². The molecule has 1 saturated heterocycles. The van der Waals surface area contributed by atoms with Gasteiger partial charge >= 0.3 is 12.1 Å². The Balaban J connectivity index is 2.58. The molecule has 2 unspecified atom stereocenters. The topological polar surface area (TPSA) is 92.9 Å². The van der Waals surface area contributed by atoms with E-state index in [1.807, 2.05) is 0 Å². The summed E-state index contributed by atoms with van der Waals surface area (Å²) in [5.74, 6) is -2.92. The lowest BCUT2D eigenvalue weighted by molar-refractivity contribution is -0.208. The highest BCUT2D eigenvalue weighted by Gasteiger charge is 2.53. The number of carbonyl (C=O) groups excluding carboxylic acids is 2. The first kappa shape index (κ1) is 21.0. The van der Waals surface area contributed by atoms with E-state index in [0.717, 1.165) is 0 Å². The SMILES string of the molecule is CCC1(c2cccc(O)c2)C(=O)N(CCN)CCCC1OC(=O)C(F)(F)F. The van der Waals surface area contributed by atoms with Crippen LogP contribution >= 0.6 is 0 Å². The Morgan fingerprint density at radius 1 is 1.44 bits per heavy atom. The number of benzene rings is 1. The molecule has 1 aliphatic rings. The van der Waals surface area contributed by atoms with Gasteiger partial charge in [-0.25, -0.2) is 4.79 Å². The highest BCUT2D eigenvalue weighted by Crippen LogP contribution is 2.41. The first-order valence-electron chi connectivity index (χ1n) is 8.73. The Hall–Kier alpha value is -2.29. The maximum Gasteiger partial charge on any atom is 0.490 e. The summed E-state index contributed by atoms with van der Waals surface area (Å²) >= 11 is 0. The molecule has 3 N–H and O–H groups in total. The van der Waals surface area contributed by atoms with E-state index in [-0.39, 0.29) is 31.7 Å². The Labute approximate surface area is 155 Å². The van der Waals surface area contributed by atoms with E-state index in [1.165, 1.54) is 23.1 Å². The molecule has 0 aliphatic carbocycles. The van der Waals surface area contributed by atoms with Gasteiger partial charge in [-0.05, 0) is 37.0 Å². The second-order valence-corrected chi connectivity index (χ2v) is 6.49. The van der Waals surface area contributed by atoms with Gasteiger partial charge in [0.25, 0.3) is 0 Å². The van der Waals surface area contributed by atoms with Gasteiger partial charge in [0.2, 0.25) is 5.91 Å². The van der Waals surface area contributed by atoms with Gasteiger partial charge < -0.3 is 20.5 Å². The molecule has 2 atom stereocenters. The third-order valence-electron chi connectivity index (χ3n) is 4.91. The van der Waals surface area contributed by atoms with Crippen molar-refractivity contribution in [3.8, 4) is 5.75 Å². The van der Waals surface area contributed by atoms with Crippen LogP contribution in [0.1, 0.15) is 31.7 Å². The zero-order chi connectivity index (χ0) is 20.2. The van der Waals surface area contributed by atoms with Crippen molar-refractivity contribution in [1.29, 1.82) is 0 Å². The minimum Gasteiger partial charge on any atom is -0.508 e. The summed E-state index contributed by atoms with van der Waals surface area (Å²) in [6.07, 6.45) is -5.94. The zero-order valence-electron chi connectivity index (χ0n) is 15.0. The number of phenols is 1. The van der Waals surface area contributed by atoms with Crippen molar-refractivity contribution < 1.29 is 32.6 Å². The molecule has 0 spiro atoms. The third kappa shape index (κ3) is 4.18. The van der Waals surface area contributed by atoms with Gasteiger partial charge in [-0.2, -0.15) is 13.2 Å². The number of halogens is 3. The number of carbonyl (C=O) groups is 2. The molecule has 1 fully saturated rings. The van der Waals surface area contributed by atoms with Crippen LogP contribution in [-0.4, -0.2) is 53.8 Å². The summed E-state index contributed by atoms with van der Waals surface area (Å²) in [4.78, 5) is 26.4. The van der Waals surface area contributed by atoms with Gasteiger partial charge in [0.05, 0.1) is 0 Å². The number of likely N-dealkylation sites (tertiary alicyclic amines) is 1. The fourth-order valence-corrected chi connectivity index (χ4v) is 3.64. The Kier molecular flexibility index (Phi) is 6.35. The average Bonchev–Trinajstić information content (AvgIpc) is 2.72. The average molecular weight is 388 g/mol. The summed E-state index contributed by atoms with van der Waals surface area (Å²) in [6.45, 7) is 2.37. The number of ether oxygens (including phenoxy) is 1. The number of hydrogen-bond donors (Lipinski definition) is 2. The molecule has 0 bridgehead atoms. The quantitative estimate of drug-likeness (QED) is 0.754. The fourth-order valence-electron chi connectivity index (χ4n) is 3.64. The molecule has 9 heteroatoms. The van der Waals surface area contributed by atoms with E-state index in [9.17, 15) is 27.9 Å². The van der Waals surface area contributed by atoms with E-state index in [0.29, 0.717) is 18.5 Å². The van der Waals surface area contributed by atoms with Crippen LogP contribution < -0.4 is 5.73 Å². The number of esters is 1. The van der Waals surface area contributed by atoms with Gasteiger partial charge in [-0.3, -0.25) is 4.79 Å². The molecular formula is C18H23F3N2O4. The summed E-state index contributed by atoms with van der Waals surface area (Å²) in [5, 5.41) is 9.84. The van der Waals surface area contributed by atoms with Gasteiger partial charge in [0.15, 0.2) is 0 Å². The molecule has 1 amide bonds. The lowest BCUT2D eigenvalue weighted by Crippen LogP contribution is -2.54. The van der Waals surface area contributed by atoms with Crippen LogP contribution in [-0.2, 0) is 19.7 Å². The van der Waals surface area contributed by atoms with Crippen molar-refractivity contribution >= 4 is 11.9 Å². The van der Waals surface area contributed by atoms with Crippen molar-refractivity contribution in [2.45, 2.75) is 43.9 Å². The van der Waals surface area contributed by atoms with Gasteiger partial charge in [-0.1, -0.05) is 19.1 Å². The summed E-state index contributed by atoms with van der Waals surface area (Å²) < 4.78 is 43.2. The number of rotatable bonds is 5. The monoisotopic (exact) mass is 388 g/mol. The maximum absolute atomic E-state index is 13.4. The highest BCUT2D eigenvalue weighted by atomic mass is 19.4. The molecule has 1 aromatic rings. The maximum atomic E-state index is 13.4. The van der Waals surface area contributed by atoms with E-state index in [2.05, 4.69) is 0 Å². The number of hydrogen-bond acceptors (Lipinski definition) is 5. The Morgan fingerprint density at radius 2 is 2.15 bits per heavy atom. The van der Waals surface area contributed by atoms with Crippen LogP contribution in [0.3, 0.4) is 0 Å². The van der Waals surface area contributed by atoms with Crippen molar-refractivity contribution in [2.75, 3.05) is 19.6 Å². The molecule has 1 heterocycles. The van der Waals surface area contributed by atoms with Crippen LogP contribution in [0.15, 0.2) is 24.3 Å². The van der Waals surface area contributed by atoms with Crippen LogP contribution in [0.5, 0.6) is 5.75 Å². The summed E-state index contributed by atoms with van der Waals surface area (Å²) in [5.41, 5.74) is 4.34. The molecule has 6 nitrogen and oxygen atoms in total. The van der Waals surface area contributed by atoms with Crippen LogP contribution in [0, 0.1) is 0 Å². The molecule has 150 valence electrons. The van der Waals surface area contributed by atoms with Crippen molar-refractivity contribution in [3.63, 3.8) is 0 Å². The minimum atomic E-state index is -5.16. The molecule has 0 aromatic heterocycles. The van der Waals surface area contributed by atoms with E-state index < -0.39 is 29.6 Å². The number of nitrogens with two attached hydrogens (primary N) is 1. The minimum absolute atomic E-state index is 0.0815. The van der Waals surface area contributed by atoms with Crippen LogP contribution in [0.25, 0.3) is 0 Å². The second-order valence-electron chi connectivity index (χ2n) is 6.49. The number of aromatic hydroxyl groups is 1. The van der Waals surface area contributed by atoms with E-state index in [1.54, 1.807) is 13.0 Å². The predicted molar refractivity (Wildman–Crippen MR) is 90.9 cm³/mol. The first-order valence-corrected chi connectivity index (χ1v) is 8.73. The van der Waals surface area contributed by atoms with Crippen molar-refractivity contribution in [2.24, 2.45) is 5.73 Å². The van der Waals surface area contributed by atoms with Crippen LogP contribution in [0.4, 0.5) is 13.2 Å². The molecule has 27 heavy (non-hydrogen) atoms. The first-order chi connectivity index (χ1) is 12.7. The molecule has 2 rings (SSSR count). The summed E-state index contributed by atoms with van der Waals surface area (Å²) in [6, 6.07) is 5.75. The number of alkyl halides is 3. The smallest absolute Gasteiger partial charge is 0.490 e. The zero-order valence-corrected chi connectivity index (χ0v) is 15.0. The highest BCUT2D eigenvalue weighted by molar-refractivity contribution is 5.90. The lowest BCUT2D eigenvalue weighted by Gasteiger charge is -2.39. The predicted octanol–water partition coefficient (Wildman–Crippen LogP) is 2.10. The van der Waals surface area contributed by atoms with Crippen molar-refractivity contribution in [1.82, 2.24) is 4.90 Å². The molecule has 1 aliphatic heterocycles. The number of nitrogens with zero attached hydrogens (tertiary/aromatic N) is 1. The summed E-state index contributed by atoms with van der Waals surface area (Å²) in [7, 11) is 0. The third-order valence-corrected chi connectivity index (χ3v) is 4.91. The number of amides is 1. The fraction of sp³-hybridized carbons (Fsp3) is 0.556. The number of phenolic OH excluding ortho intramolecular Hbond substituents is 1. The van der Waals surface area contributed by atoms with E-state index in [4.69, 9.17) is 10.5 Å². The Morgan fingerprint density at radius 3 is 2.70 bits per heavy atom. The van der Waals surface area contributed by atoms with Crippen molar-refractivity contribution in [3.05, 3.63) is 29.8 Å². The second kappa shape index (κ2) is 8.16. The standard InChI is InChI=1S/C18H23F3N2O4/c1-2-17(12-5-3-6-13(24)11-12)14(27-16(26)18(19,20)21)7-4-9-23(10-8-22)15(17)25/h3,5-6,11,14,24H,2,4,7-10,22H2,1H3. The van der Waals surface area contributed by atoms with Crippen LogP contribution in [0.2, 0.25) is 0 Å². The van der Waals surface area contributed by atoms with Gasteiger partial charge in [0.1, 0.15) is 17.3 Å². The normalized spacial score (nSPS) is 23.8. The molecule has 0 radical (unpaired) electrons. The van der Waals surface area contributed by atoms with Gasteiger partial charge in [0, 0.05) is 19.6 Å². The Bertz CT molecular complexity index is 695. The largest absolute Gasteiger partial charge is 0.508 e. The molecular weight excluding hydrogens is 365 g/mol. The molecule has 0 saturated carbocycles. The molecule has 1 aromatic carbocycles. The van der Waals surface area contributed by atoms with Gasteiger partial charge in [-0.15, -0.1) is 0 Å². The lowest BCUT2D eigenvalue weighted by atomic mass is 9.71.